The van der Waals surface area contributed by atoms with E-state index in [0.29, 0.717) is 0 Å². The maximum Gasteiger partial charge on any atom is 4.00 e. The van der Waals surface area contributed by atoms with Crippen LogP contribution in [0.15, 0.2) is 48.6 Å². The van der Waals surface area contributed by atoms with Crippen molar-refractivity contribution in [3.05, 3.63) is 75.6 Å². The molecule has 0 aromatic carbocycles. The third-order valence-corrected chi connectivity index (χ3v) is 2.96. The van der Waals surface area contributed by atoms with Gasteiger partial charge in [-0.1, -0.05) is 31.8 Å². The first-order valence-corrected chi connectivity index (χ1v) is 7.02. The summed E-state index contributed by atoms with van der Waals surface area (Å²) in [6.45, 7) is 3.72. The van der Waals surface area contributed by atoms with Gasteiger partial charge in [-0.05, 0) is 12.8 Å². The van der Waals surface area contributed by atoms with E-state index in [-0.39, 0.29) is 41.1 Å². The fourth-order valence-electron chi connectivity index (χ4n) is 1.92. The van der Waals surface area contributed by atoms with E-state index in [0.717, 1.165) is 12.8 Å². The monoisotopic (exact) mass is 360 g/mol. The minimum Gasteiger partial charge on any atom is -0.358 e. The van der Waals surface area contributed by atoms with Crippen molar-refractivity contribution in [3.63, 3.8) is 0 Å². The molecule has 0 radical (unpaired) electrons. The fourth-order valence-corrected chi connectivity index (χ4v) is 1.92. The van der Waals surface area contributed by atoms with Crippen molar-refractivity contribution >= 4 is 0 Å². The Hall–Kier alpha value is -0.417. The molecule has 0 N–H and O–H groups in total. The molecule has 0 saturated carbocycles. The Morgan fingerprint density at radius 1 is 1.05 bits per heavy atom. The summed E-state index contributed by atoms with van der Waals surface area (Å²) in [5.74, 6) is 0. The minimum atomic E-state index is 0. The summed E-state index contributed by atoms with van der Waals surface area (Å²) in [6, 6.07) is 0. The van der Waals surface area contributed by atoms with Crippen LogP contribution in [-0.4, -0.2) is 0 Å². The maximum atomic E-state index is 3.72. The summed E-state index contributed by atoms with van der Waals surface area (Å²) < 4.78 is 0. The van der Waals surface area contributed by atoms with Gasteiger partial charge in [-0.15, -0.1) is 19.4 Å². The number of unbranched alkanes of at least 4 members (excludes halogenated alkanes) is 4. The molecule has 2 rings (SSSR count). The van der Waals surface area contributed by atoms with Crippen LogP contribution < -0.4 is 0 Å². The molecule has 0 unspecified atom stereocenters. The average Bonchev–Trinajstić information content (AvgIpc) is 3.07. The van der Waals surface area contributed by atoms with Gasteiger partial charge in [-0.25, -0.2) is 23.8 Å². The van der Waals surface area contributed by atoms with Gasteiger partial charge in [-0.2, -0.15) is 12.2 Å². The Morgan fingerprint density at radius 3 is 2.29 bits per heavy atom. The molecule has 0 aliphatic heterocycles. The smallest absolute Gasteiger partial charge is 0.358 e. The Labute approximate surface area is 152 Å². The maximum absolute atomic E-state index is 3.72. The molecule has 0 saturated heterocycles. The molecule has 1 heteroatoms. The van der Waals surface area contributed by atoms with Gasteiger partial charge in [0.2, 0.25) is 0 Å². The molecule has 0 heterocycles. The van der Waals surface area contributed by atoms with Gasteiger partial charge in [-0.3, -0.25) is 12.2 Å². The van der Waals surface area contributed by atoms with Crippen molar-refractivity contribution < 1.29 is 26.2 Å². The van der Waals surface area contributed by atoms with Crippen LogP contribution in [0.4, 0.5) is 0 Å². The molecule has 0 amide bonds. The molecule has 2 aliphatic carbocycles. The molecule has 0 aromatic rings. The molecule has 114 valence electrons. The van der Waals surface area contributed by atoms with Crippen LogP contribution in [0.1, 0.15) is 51.4 Å². The summed E-state index contributed by atoms with van der Waals surface area (Å²) in [7, 11) is 0. The van der Waals surface area contributed by atoms with Crippen molar-refractivity contribution in [2.45, 2.75) is 51.4 Å². The second kappa shape index (κ2) is 19.6. The van der Waals surface area contributed by atoms with Crippen LogP contribution >= 0.6 is 0 Å². The van der Waals surface area contributed by atoms with Gasteiger partial charge >= 0.3 is 26.2 Å². The average molecular weight is 362 g/mol. The molecule has 0 bridgehead atoms. The van der Waals surface area contributed by atoms with E-state index in [9.17, 15) is 0 Å². The van der Waals surface area contributed by atoms with E-state index >= 15 is 0 Å². The summed E-state index contributed by atoms with van der Waals surface area (Å²) >= 11 is 0. The number of hydrogen-bond donors (Lipinski definition) is 0. The summed E-state index contributed by atoms with van der Waals surface area (Å²) in [5, 5.41) is 0. The summed E-state index contributed by atoms with van der Waals surface area (Å²) in [6.07, 6.45) is 28.5. The van der Waals surface area contributed by atoms with Crippen molar-refractivity contribution in [3.8, 4) is 0 Å². The van der Waals surface area contributed by atoms with Crippen molar-refractivity contribution in [1.29, 1.82) is 0 Å². The van der Waals surface area contributed by atoms with Gasteiger partial charge in [0, 0.05) is 0 Å². The first kappa shape index (κ1) is 25.5. The SMILES string of the molecule is C=CCCCCCCC1=[C-]CC=C1.[C-]1=CC=CC1.[CH3-].[CH3-].[Zr+4]. The molecule has 0 fully saturated rings. The normalized spacial score (nSPS) is 13.2. The number of rotatable bonds is 7. The first-order valence-electron chi connectivity index (χ1n) is 7.02. The topological polar surface area (TPSA) is 0 Å². The van der Waals surface area contributed by atoms with Crippen LogP contribution in [0, 0.1) is 27.0 Å². The predicted octanol–water partition coefficient (Wildman–Crippen LogP) is 6.41. The zero-order chi connectivity index (χ0) is 12.9. The molecule has 21 heavy (non-hydrogen) atoms. The van der Waals surface area contributed by atoms with Crippen molar-refractivity contribution in [1.82, 2.24) is 0 Å². The Kier molecular flexibility index (Phi) is 23.8. The van der Waals surface area contributed by atoms with Gasteiger partial charge in [0.1, 0.15) is 0 Å². The third-order valence-electron chi connectivity index (χ3n) is 2.96. The zero-order valence-corrected chi connectivity index (χ0v) is 16.3. The Morgan fingerprint density at radius 2 is 1.81 bits per heavy atom. The molecule has 2 aliphatic rings. The van der Waals surface area contributed by atoms with Gasteiger partial charge < -0.3 is 14.9 Å². The quantitative estimate of drug-likeness (QED) is 0.279. The van der Waals surface area contributed by atoms with Crippen molar-refractivity contribution in [2.75, 3.05) is 0 Å². The summed E-state index contributed by atoms with van der Waals surface area (Å²) in [4.78, 5) is 0. The summed E-state index contributed by atoms with van der Waals surface area (Å²) in [5.41, 5.74) is 1.42. The van der Waals surface area contributed by atoms with Crippen molar-refractivity contribution in [2.24, 2.45) is 0 Å². The Bertz CT molecular complexity index is 322. The molecule has 0 nitrogen and oxygen atoms in total. The van der Waals surface area contributed by atoms with Gasteiger partial charge in [0.05, 0.1) is 0 Å². The molecular weight excluding hydrogens is 331 g/mol. The standard InChI is InChI=1S/C13H19.C5H5.2CH3.Zr/c1-2-3-4-5-6-7-10-13-11-8-9-12-13;1-2-4-5-3-1;;;/h2,8,11H,1,3-7,9-10H2;1-3H,4H2;2*1H3;/q4*-1;+4. The number of hydrogen-bond acceptors (Lipinski definition) is 0. The fraction of sp³-hybridized carbons (Fsp3) is 0.400. The van der Waals surface area contributed by atoms with Gasteiger partial charge in [0.15, 0.2) is 0 Å². The third kappa shape index (κ3) is 15.8. The van der Waals surface area contributed by atoms with Crippen LogP contribution in [0.2, 0.25) is 0 Å². The largest absolute Gasteiger partial charge is 4.00 e. The second-order valence-corrected chi connectivity index (χ2v) is 4.55. The molecular formula is C20H30Zr. The molecule has 0 atom stereocenters. The van der Waals surface area contributed by atoms with E-state index in [1.54, 1.807) is 0 Å². The van der Waals surface area contributed by atoms with Crippen LogP contribution in [-0.2, 0) is 26.2 Å². The predicted molar refractivity (Wildman–Crippen MR) is 92.8 cm³/mol. The first-order chi connectivity index (χ1) is 8.93. The second-order valence-electron chi connectivity index (χ2n) is 4.55. The van der Waals surface area contributed by atoms with E-state index < -0.39 is 0 Å². The minimum absolute atomic E-state index is 0. The van der Waals surface area contributed by atoms with Crippen LogP contribution in [0.25, 0.3) is 0 Å². The molecule has 0 spiro atoms. The molecule has 0 aromatic heterocycles. The van der Waals surface area contributed by atoms with E-state index in [2.05, 4.69) is 37.0 Å². The van der Waals surface area contributed by atoms with Gasteiger partial charge in [0.25, 0.3) is 0 Å². The van der Waals surface area contributed by atoms with E-state index in [1.165, 1.54) is 44.1 Å². The van der Waals surface area contributed by atoms with Crippen LogP contribution in [0.3, 0.4) is 0 Å². The van der Waals surface area contributed by atoms with E-state index in [4.69, 9.17) is 0 Å². The van der Waals surface area contributed by atoms with Crippen LogP contribution in [0.5, 0.6) is 0 Å². The van der Waals surface area contributed by atoms with E-state index in [1.807, 2.05) is 18.2 Å². The Balaban J connectivity index is -0.000000349. The zero-order valence-electron chi connectivity index (χ0n) is 13.8. The number of allylic oxidation sites excluding steroid dienone is 9.